The average molecular weight is 290 g/mol. The minimum Gasteiger partial charge on any atom is -0.480 e. The van der Waals surface area contributed by atoms with Crippen LogP contribution in [0.1, 0.15) is 0 Å². The number of hydrogen-bond donors (Lipinski definition) is 1. The molecular formula is C9H6BrClN2O2. The molecule has 1 N–H and O–H groups in total. The second-order valence-electron chi connectivity index (χ2n) is 2.99. The summed E-state index contributed by atoms with van der Waals surface area (Å²) in [5.74, 6) is -0.921. The van der Waals surface area contributed by atoms with Gasteiger partial charge in [-0.25, -0.2) is 4.98 Å². The lowest BCUT2D eigenvalue weighted by atomic mass is 10.3. The zero-order valence-corrected chi connectivity index (χ0v) is 9.79. The first kappa shape index (κ1) is 10.4. The van der Waals surface area contributed by atoms with Crippen LogP contribution in [0.25, 0.3) is 11.0 Å². The number of carboxylic acid groups (broad SMARTS) is 1. The third-order valence-corrected chi connectivity index (χ3v) is 2.80. The van der Waals surface area contributed by atoms with Gasteiger partial charge >= 0.3 is 5.97 Å². The molecule has 15 heavy (non-hydrogen) atoms. The average Bonchev–Trinajstić information content (AvgIpc) is 2.43. The molecule has 0 atom stereocenters. The Morgan fingerprint density at radius 3 is 3.00 bits per heavy atom. The van der Waals surface area contributed by atoms with Gasteiger partial charge in [0.1, 0.15) is 6.54 Å². The molecule has 0 amide bonds. The molecule has 1 aromatic carbocycles. The Morgan fingerprint density at radius 1 is 1.60 bits per heavy atom. The second kappa shape index (κ2) is 3.83. The van der Waals surface area contributed by atoms with Crippen molar-refractivity contribution in [2.45, 2.75) is 6.54 Å². The summed E-state index contributed by atoms with van der Waals surface area (Å²) in [5, 5.41) is 9.29. The Balaban J connectivity index is 2.65. The Bertz CT molecular complexity index is 538. The van der Waals surface area contributed by atoms with Crippen LogP contribution in [0.2, 0.25) is 5.02 Å². The van der Waals surface area contributed by atoms with Crippen LogP contribution in [-0.2, 0) is 11.3 Å². The number of hydrogen-bond acceptors (Lipinski definition) is 2. The maximum atomic E-state index is 10.6. The van der Waals surface area contributed by atoms with Gasteiger partial charge in [0.05, 0.1) is 11.0 Å². The molecule has 0 saturated carbocycles. The predicted octanol–water partition coefficient (Wildman–Crippen LogP) is 2.54. The highest BCUT2D eigenvalue weighted by Gasteiger charge is 2.11. The molecule has 1 aromatic heterocycles. The van der Waals surface area contributed by atoms with Gasteiger partial charge in [-0.15, -0.1) is 0 Å². The fourth-order valence-corrected chi connectivity index (χ4v) is 2.03. The number of carbonyl (C=O) groups is 1. The van der Waals surface area contributed by atoms with Crippen LogP contribution in [0.15, 0.2) is 22.9 Å². The monoisotopic (exact) mass is 288 g/mol. The molecule has 0 radical (unpaired) electrons. The molecule has 0 spiro atoms. The maximum Gasteiger partial charge on any atom is 0.323 e. The number of benzene rings is 1. The first-order valence-corrected chi connectivity index (χ1v) is 5.28. The maximum absolute atomic E-state index is 10.6. The topological polar surface area (TPSA) is 55.1 Å². The van der Waals surface area contributed by atoms with E-state index in [4.69, 9.17) is 16.7 Å². The minimum absolute atomic E-state index is 0.141. The number of aliphatic carboxylic acids is 1. The first-order chi connectivity index (χ1) is 7.08. The third kappa shape index (κ3) is 1.98. The summed E-state index contributed by atoms with van der Waals surface area (Å²) in [6.07, 6.45) is 0. The lowest BCUT2D eigenvalue weighted by molar-refractivity contribution is -0.137. The zero-order chi connectivity index (χ0) is 11.0. The van der Waals surface area contributed by atoms with Crippen LogP contribution in [0.5, 0.6) is 0 Å². The van der Waals surface area contributed by atoms with Crippen molar-refractivity contribution in [1.29, 1.82) is 0 Å². The number of carboxylic acids is 1. The standard InChI is InChI=1S/C9H6BrClN2O2/c10-9-12-6-2-1-5(11)3-7(6)13(9)4-8(14)15/h1-3H,4H2,(H,14,15). The Morgan fingerprint density at radius 2 is 2.33 bits per heavy atom. The number of halogens is 2. The normalized spacial score (nSPS) is 10.8. The van der Waals surface area contributed by atoms with Gasteiger partial charge in [0, 0.05) is 5.02 Å². The Labute approximate surface area is 98.6 Å². The molecule has 0 saturated heterocycles. The van der Waals surface area contributed by atoms with E-state index < -0.39 is 5.97 Å². The van der Waals surface area contributed by atoms with Crippen LogP contribution in [-0.4, -0.2) is 20.6 Å². The molecule has 6 heteroatoms. The molecule has 0 fully saturated rings. The molecular weight excluding hydrogens is 283 g/mol. The van der Waals surface area contributed by atoms with Crippen molar-refractivity contribution in [3.63, 3.8) is 0 Å². The summed E-state index contributed by atoms with van der Waals surface area (Å²) in [7, 11) is 0. The predicted molar refractivity (Wildman–Crippen MR) is 60.1 cm³/mol. The number of nitrogens with zero attached hydrogens (tertiary/aromatic N) is 2. The van der Waals surface area contributed by atoms with E-state index in [1.807, 2.05) is 0 Å². The molecule has 0 aliphatic carbocycles. The molecule has 1 heterocycles. The van der Waals surface area contributed by atoms with Gasteiger partial charge in [0.25, 0.3) is 0 Å². The van der Waals surface area contributed by atoms with Gasteiger partial charge in [0.2, 0.25) is 0 Å². The molecule has 4 nitrogen and oxygen atoms in total. The summed E-state index contributed by atoms with van der Waals surface area (Å²) in [4.78, 5) is 14.8. The van der Waals surface area contributed by atoms with Crippen LogP contribution in [0.4, 0.5) is 0 Å². The van der Waals surface area contributed by atoms with E-state index in [0.29, 0.717) is 20.8 Å². The van der Waals surface area contributed by atoms with Crippen molar-refractivity contribution >= 4 is 44.5 Å². The van der Waals surface area contributed by atoms with Gasteiger partial charge < -0.3 is 9.67 Å². The fourth-order valence-electron chi connectivity index (χ4n) is 1.35. The van der Waals surface area contributed by atoms with E-state index in [-0.39, 0.29) is 6.54 Å². The third-order valence-electron chi connectivity index (χ3n) is 1.96. The summed E-state index contributed by atoms with van der Waals surface area (Å²) in [6.45, 7) is -0.141. The van der Waals surface area contributed by atoms with Crippen LogP contribution < -0.4 is 0 Å². The molecule has 0 bridgehead atoms. The molecule has 0 aliphatic rings. The van der Waals surface area contributed by atoms with E-state index in [2.05, 4.69) is 20.9 Å². The zero-order valence-electron chi connectivity index (χ0n) is 7.44. The second-order valence-corrected chi connectivity index (χ2v) is 4.14. The summed E-state index contributed by atoms with van der Waals surface area (Å²) >= 11 is 9.04. The van der Waals surface area contributed by atoms with Crippen LogP contribution >= 0.6 is 27.5 Å². The van der Waals surface area contributed by atoms with E-state index >= 15 is 0 Å². The summed E-state index contributed by atoms with van der Waals surface area (Å²) < 4.78 is 2.03. The van der Waals surface area contributed by atoms with Gasteiger partial charge in [-0.05, 0) is 34.1 Å². The van der Waals surface area contributed by atoms with Crippen LogP contribution in [0, 0.1) is 0 Å². The van der Waals surface area contributed by atoms with Crippen molar-refractivity contribution in [3.8, 4) is 0 Å². The number of fused-ring (bicyclic) bond motifs is 1. The lowest BCUT2D eigenvalue weighted by Gasteiger charge is -2.01. The molecule has 0 aliphatic heterocycles. The molecule has 2 rings (SSSR count). The highest BCUT2D eigenvalue weighted by molar-refractivity contribution is 9.10. The summed E-state index contributed by atoms with van der Waals surface area (Å²) in [6, 6.07) is 5.16. The largest absolute Gasteiger partial charge is 0.480 e. The van der Waals surface area contributed by atoms with Crippen molar-refractivity contribution < 1.29 is 9.90 Å². The van der Waals surface area contributed by atoms with E-state index in [1.165, 1.54) is 0 Å². The van der Waals surface area contributed by atoms with Gasteiger partial charge in [-0.3, -0.25) is 4.79 Å². The molecule has 2 aromatic rings. The SMILES string of the molecule is O=C(O)Cn1c(Br)nc2ccc(Cl)cc21. The van der Waals surface area contributed by atoms with Crippen molar-refractivity contribution in [2.75, 3.05) is 0 Å². The van der Waals surface area contributed by atoms with Gasteiger partial charge in [-0.1, -0.05) is 11.6 Å². The van der Waals surface area contributed by atoms with Crippen molar-refractivity contribution in [2.24, 2.45) is 0 Å². The lowest BCUT2D eigenvalue weighted by Crippen LogP contribution is -2.08. The quantitative estimate of drug-likeness (QED) is 0.924. The summed E-state index contributed by atoms with van der Waals surface area (Å²) in [5.41, 5.74) is 1.42. The van der Waals surface area contributed by atoms with Crippen LogP contribution in [0.3, 0.4) is 0 Å². The molecule has 78 valence electrons. The minimum atomic E-state index is -0.921. The smallest absolute Gasteiger partial charge is 0.323 e. The van der Waals surface area contributed by atoms with E-state index in [9.17, 15) is 4.79 Å². The van der Waals surface area contributed by atoms with Crippen molar-refractivity contribution in [1.82, 2.24) is 9.55 Å². The van der Waals surface area contributed by atoms with Gasteiger partial charge in [-0.2, -0.15) is 0 Å². The first-order valence-electron chi connectivity index (χ1n) is 4.11. The number of aromatic nitrogens is 2. The number of rotatable bonds is 2. The number of imidazole rings is 1. The van der Waals surface area contributed by atoms with Gasteiger partial charge in [0.15, 0.2) is 4.73 Å². The highest BCUT2D eigenvalue weighted by atomic mass is 79.9. The highest BCUT2D eigenvalue weighted by Crippen LogP contribution is 2.23. The fraction of sp³-hybridized carbons (Fsp3) is 0.111. The Hall–Kier alpha value is -1.07. The molecule has 0 unspecified atom stereocenters. The van der Waals surface area contributed by atoms with Crippen molar-refractivity contribution in [3.05, 3.63) is 28.0 Å². The Kier molecular flexibility index (Phi) is 2.67. The van der Waals surface area contributed by atoms with E-state index in [0.717, 1.165) is 0 Å². The van der Waals surface area contributed by atoms with E-state index in [1.54, 1.807) is 22.8 Å².